The molecule has 108 valence electrons. The van der Waals surface area contributed by atoms with Crippen LogP contribution in [0.25, 0.3) is 0 Å². The highest BCUT2D eigenvalue weighted by atomic mass is 16.5. The van der Waals surface area contributed by atoms with E-state index in [2.05, 4.69) is 24.4 Å². The van der Waals surface area contributed by atoms with Crippen LogP contribution in [0.15, 0.2) is 24.3 Å². The molecule has 1 rings (SSSR count). The molecule has 1 aromatic rings. The normalized spacial score (nSPS) is 13.3. The largest absolute Gasteiger partial charge is 0.491 e. The maximum Gasteiger partial charge on any atom is 0.119 e. The first kappa shape index (κ1) is 16.0. The molecule has 0 bridgehead atoms. The van der Waals surface area contributed by atoms with E-state index in [0.29, 0.717) is 19.3 Å². The van der Waals surface area contributed by atoms with Crippen molar-refractivity contribution in [3.05, 3.63) is 29.8 Å². The first-order chi connectivity index (χ1) is 8.96. The second-order valence-corrected chi connectivity index (χ2v) is 5.63. The molecule has 0 saturated carbocycles. The SMILES string of the molecule is CCC(NC)c1ccc(OCCOC(C)(C)C)cc1. The Bertz CT molecular complexity index is 350. The van der Waals surface area contributed by atoms with Crippen molar-refractivity contribution in [2.24, 2.45) is 0 Å². The molecule has 1 unspecified atom stereocenters. The highest BCUT2D eigenvalue weighted by molar-refractivity contribution is 5.29. The van der Waals surface area contributed by atoms with Crippen LogP contribution in [-0.2, 0) is 4.74 Å². The monoisotopic (exact) mass is 265 g/mol. The highest BCUT2D eigenvalue weighted by Crippen LogP contribution is 2.19. The van der Waals surface area contributed by atoms with Crippen molar-refractivity contribution in [1.29, 1.82) is 0 Å². The van der Waals surface area contributed by atoms with Gasteiger partial charge in [0, 0.05) is 6.04 Å². The van der Waals surface area contributed by atoms with E-state index in [4.69, 9.17) is 9.47 Å². The van der Waals surface area contributed by atoms with E-state index in [0.717, 1.165) is 12.2 Å². The van der Waals surface area contributed by atoms with Gasteiger partial charge in [-0.3, -0.25) is 0 Å². The van der Waals surface area contributed by atoms with Crippen molar-refractivity contribution in [2.45, 2.75) is 45.8 Å². The average Bonchev–Trinajstić information content (AvgIpc) is 2.37. The minimum absolute atomic E-state index is 0.103. The lowest BCUT2D eigenvalue weighted by Crippen LogP contribution is -2.22. The number of hydrogen-bond donors (Lipinski definition) is 1. The summed E-state index contributed by atoms with van der Waals surface area (Å²) in [6, 6.07) is 8.69. The molecular formula is C16H27NO2. The maximum atomic E-state index is 5.66. The van der Waals surface area contributed by atoms with E-state index in [-0.39, 0.29) is 5.60 Å². The molecule has 19 heavy (non-hydrogen) atoms. The fourth-order valence-electron chi connectivity index (χ4n) is 1.91. The fourth-order valence-corrected chi connectivity index (χ4v) is 1.91. The van der Waals surface area contributed by atoms with Crippen LogP contribution in [-0.4, -0.2) is 25.9 Å². The minimum atomic E-state index is -0.103. The van der Waals surface area contributed by atoms with Gasteiger partial charge in [-0.25, -0.2) is 0 Å². The number of nitrogens with one attached hydrogen (secondary N) is 1. The Labute approximate surface area is 117 Å². The molecule has 0 heterocycles. The highest BCUT2D eigenvalue weighted by Gasteiger charge is 2.09. The molecule has 0 aromatic heterocycles. The number of ether oxygens (including phenoxy) is 2. The van der Waals surface area contributed by atoms with E-state index in [1.54, 1.807) is 0 Å². The summed E-state index contributed by atoms with van der Waals surface area (Å²) in [5.74, 6) is 0.896. The number of rotatable bonds is 7. The maximum absolute atomic E-state index is 5.66. The summed E-state index contributed by atoms with van der Waals surface area (Å²) >= 11 is 0. The smallest absolute Gasteiger partial charge is 0.119 e. The summed E-state index contributed by atoms with van der Waals surface area (Å²) in [5, 5.41) is 3.30. The van der Waals surface area contributed by atoms with Crippen LogP contribution < -0.4 is 10.1 Å². The Kier molecular flexibility index (Phi) is 6.32. The van der Waals surface area contributed by atoms with Gasteiger partial charge in [0.1, 0.15) is 12.4 Å². The molecule has 0 fully saturated rings. The molecule has 0 radical (unpaired) electrons. The van der Waals surface area contributed by atoms with Crippen molar-refractivity contribution < 1.29 is 9.47 Å². The van der Waals surface area contributed by atoms with Crippen molar-refractivity contribution in [1.82, 2.24) is 5.32 Å². The molecule has 3 nitrogen and oxygen atoms in total. The van der Waals surface area contributed by atoms with E-state index in [1.807, 2.05) is 40.0 Å². The molecule has 0 aliphatic rings. The van der Waals surface area contributed by atoms with E-state index < -0.39 is 0 Å². The average molecular weight is 265 g/mol. The van der Waals surface area contributed by atoms with E-state index >= 15 is 0 Å². The fraction of sp³-hybridized carbons (Fsp3) is 0.625. The zero-order valence-corrected chi connectivity index (χ0v) is 12.8. The van der Waals surface area contributed by atoms with Gasteiger partial charge in [-0.15, -0.1) is 0 Å². The van der Waals surface area contributed by atoms with Gasteiger partial charge in [0.15, 0.2) is 0 Å². The Morgan fingerprint density at radius 1 is 1.11 bits per heavy atom. The van der Waals surface area contributed by atoms with Crippen LogP contribution in [0.1, 0.15) is 45.7 Å². The van der Waals surface area contributed by atoms with Gasteiger partial charge in [-0.2, -0.15) is 0 Å². The zero-order valence-electron chi connectivity index (χ0n) is 12.8. The predicted octanol–water partition coefficient (Wildman–Crippen LogP) is 3.55. The quantitative estimate of drug-likeness (QED) is 0.765. The first-order valence-electron chi connectivity index (χ1n) is 7.00. The number of benzene rings is 1. The topological polar surface area (TPSA) is 30.5 Å². The Hall–Kier alpha value is -1.06. The third-order valence-corrected chi connectivity index (χ3v) is 2.93. The van der Waals surface area contributed by atoms with Gasteiger partial charge in [-0.05, 0) is 51.9 Å². The molecule has 1 aromatic carbocycles. The van der Waals surface area contributed by atoms with Gasteiger partial charge in [0.05, 0.1) is 12.2 Å². The van der Waals surface area contributed by atoms with Crippen LogP contribution >= 0.6 is 0 Å². The van der Waals surface area contributed by atoms with Gasteiger partial charge in [-0.1, -0.05) is 19.1 Å². The lowest BCUT2D eigenvalue weighted by molar-refractivity contribution is -0.0163. The van der Waals surface area contributed by atoms with Gasteiger partial charge in [0.25, 0.3) is 0 Å². The zero-order chi connectivity index (χ0) is 14.3. The first-order valence-corrected chi connectivity index (χ1v) is 7.00. The van der Waals surface area contributed by atoms with Crippen LogP contribution in [0.4, 0.5) is 0 Å². The summed E-state index contributed by atoms with van der Waals surface area (Å²) in [7, 11) is 1.99. The van der Waals surface area contributed by atoms with Crippen molar-refractivity contribution in [3.63, 3.8) is 0 Å². The lowest BCUT2D eigenvalue weighted by atomic mass is 10.1. The van der Waals surface area contributed by atoms with Crippen molar-refractivity contribution in [3.8, 4) is 5.75 Å². The van der Waals surface area contributed by atoms with Crippen LogP contribution in [0.2, 0.25) is 0 Å². The minimum Gasteiger partial charge on any atom is -0.491 e. The van der Waals surface area contributed by atoms with Gasteiger partial charge < -0.3 is 14.8 Å². The second-order valence-electron chi connectivity index (χ2n) is 5.63. The summed E-state index contributed by atoms with van der Waals surface area (Å²) in [5.41, 5.74) is 1.19. The Balaban J connectivity index is 2.40. The van der Waals surface area contributed by atoms with Gasteiger partial charge in [0.2, 0.25) is 0 Å². The molecule has 1 atom stereocenters. The third-order valence-electron chi connectivity index (χ3n) is 2.93. The summed E-state index contributed by atoms with van der Waals surface area (Å²) in [4.78, 5) is 0. The molecular weight excluding hydrogens is 238 g/mol. The number of hydrogen-bond acceptors (Lipinski definition) is 3. The van der Waals surface area contributed by atoms with Crippen molar-refractivity contribution >= 4 is 0 Å². The van der Waals surface area contributed by atoms with Crippen molar-refractivity contribution in [2.75, 3.05) is 20.3 Å². The van der Waals surface area contributed by atoms with E-state index in [9.17, 15) is 0 Å². The van der Waals surface area contributed by atoms with Gasteiger partial charge >= 0.3 is 0 Å². The van der Waals surface area contributed by atoms with E-state index in [1.165, 1.54) is 5.56 Å². The summed E-state index contributed by atoms with van der Waals surface area (Å²) in [6.07, 6.45) is 1.08. The summed E-state index contributed by atoms with van der Waals surface area (Å²) < 4.78 is 11.3. The molecule has 0 aliphatic heterocycles. The molecule has 0 amide bonds. The second kappa shape index (κ2) is 7.51. The summed E-state index contributed by atoms with van der Waals surface area (Å²) in [6.45, 7) is 9.51. The predicted molar refractivity (Wildman–Crippen MR) is 79.7 cm³/mol. The molecule has 0 aliphatic carbocycles. The third kappa shape index (κ3) is 6.08. The molecule has 0 spiro atoms. The Morgan fingerprint density at radius 2 is 1.74 bits per heavy atom. The van der Waals surface area contributed by atoms with Crippen LogP contribution in [0, 0.1) is 0 Å². The molecule has 0 saturated heterocycles. The molecule has 3 heteroatoms. The Morgan fingerprint density at radius 3 is 2.21 bits per heavy atom. The lowest BCUT2D eigenvalue weighted by Gasteiger charge is -2.19. The standard InChI is InChI=1S/C16H27NO2/c1-6-15(17-5)13-7-9-14(10-8-13)18-11-12-19-16(2,3)4/h7-10,15,17H,6,11-12H2,1-5H3. The van der Waals surface area contributed by atoms with Crippen LogP contribution in [0.3, 0.4) is 0 Å². The van der Waals surface area contributed by atoms with Crippen LogP contribution in [0.5, 0.6) is 5.75 Å². The molecule has 1 N–H and O–H groups in total.